The van der Waals surface area contributed by atoms with Crippen LogP contribution in [0.3, 0.4) is 0 Å². The third kappa shape index (κ3) is 4.79. The lowest BCUT2D eigenvalue weighted by molar-refractivity contribution is -0.119. The molecule has 0 unspecified atom stereocenters. The Bertz CT molecular complexity index is 674. The maximum absolute atomic E-state index is 11.7. The van der Waals surface area contributed by atoms with Crippen molar-refractivity contribution in [1.82, 2.24) is 5.43 Å². The Balaban J connectivity index is 1.83. The molecule has 0 aromatic heterocycles. The Labute approximate surface area is 133 Å². The molecule has 0 aliphatic heterocycles. The highest BCUT2D eigenvalue weighted by Crippen LogP contribution is 2.15. The summed E-state index contributed by atoms with van der Waals surface area (Å²) in [5.41, 5.74) is 4.01. The number of hydrazone groups is 1. The van der Waals surface area contributed by atoms with Crippen molar-refractivity contribution in [1.29, 1.82) is 0 Å². The van der Waals surface area contributed by atoms with E-state index in [0.717, 1.165) is 11.3 Å². The van der Waals surface area contributed by atoms with E-state index < -0.39 is 0 Å². The van der Waals surface area contributed by atoms with Crippen LogP contribution >= 0.6 is 11.6 Å². The van der Waals surface area contributed by atoms with Gasteiger partial charge in [-0.3, -0.25) is 4.79 Å². The number of methoxy groups -OCH3 is 1. The molecule has 2 aromatic rings. The van der Waals surface area contributed by atoms with Crippen LogP contribution in [-0.2, 0) is 4.79 Å². The fraction of sp³-hybridized carbons (Fsp3) is 0.125. The van der Waals surface area contributed by atoms with Gasteiger partial charge in [0.2, 0.25) is 0 Å². The van der Waals surface area contributed by atoms with Crippen LogP contribution in [0.25, 0.3) is 0 Å². The summed E-state index contributed by atoms with van der Waals surface area (Å²) < 4.78 is 5.19. The molecule has 114 valence electrons. The second-order valence-electron chi connectivity index (χ2n) is 4.40. The van der Waals surface area contributed by atoms with Gasteiger partial charge in [0.05, 0.1) is 19.9 Å². The molecular weight excluding hydrogens is 302 g/mol. The zero-order valence-electron chi connectivity index (χ0n) is 12.0. The van der Waals surface area contributed by atoms with Gasteiger partial charge in [-0.2, -0.15) is 5.10 Å². The number of para-hydroxylation sites is 1. The summed E-state index contributed by atoms with van der Waals surface area (Å²) in [6.07, 6.45) is 1.54. The Kier molecular flexibility index (Phi) is 5.80. The highest BCUT2D eigenvalue weighted by Gasteiger charge is 2.01. The maximum Gasteiger partial charge on any atom is 0.259 e. The molecule has 0 saturated carbocycles. The van der Waals surface area contributed by atoms with E-state index in [-0.39, 0.29) is 12.5 Å². The predicted molar refractivity (Wildman–Crippen MR) is 88.7 cm³/mol. The molecule has 6 heteroatoms. The van der Waals surface area contributed by atoms with E-state index in [4.69, 9.17) is 16.3 Å². The van der Waals surface area contributed by atoms with E-state index in [2.05, 4.69) is 15.8 Å². The molecule has 0 fully saturated rings. The molecule has 5 nitrogen and oxygen atoms in total. The Morgan fingerprint density at radius 3 is 2.86 bits per heavy atom. The van der Waals surface area contributed by atoms with Crippen LogP contribution in [0, 0.1) is 0 Å². The quantitative estimate of drug-likeness (QED) is 0.636. The number of hydrogen-bond donors (Lipinski definition) is 2. The minimum absolute atomic E-state index is 0.101. The van der Waals surface area contributed by atoms with E-state index in [1.165, 1.54) is 6.21 Å². The van der Waals surface area contributed by atoms with Gasteiger partial charge in [0.25, 0.3) is 5.91 Å². The average Bonchev–Trinajstić information content (AvgIpc) is 2.53. The van der Waals surface area contributed by atoms with Gasteiger partial charge in [0.15, 0.2) is 0 Å². The Morgan fingerprint density at radius 1 is 1.27 bits per heavy atom. The van der Waals surface area contributed by atoms with Crippen molar-refractivity contribution < 1.29 is 9.53 Å². The van der Waals surface area contributed by atoms with E-state index in [1.54, 1.807) is 19.2 Å². The summed E-state index contributed by atoms with van der Waals surface area (Å²) in [6.45, 7) is 0.101. The summed E-state index contributed by atoms with van der Waals surface area (Å²) in [5, 5.41) is 7.48. The first kappa shape index (κ1) is 15.9. The Hall–Kier alpha value is -2.53. The smallest absolute Gasteiger partial charge is 0.259 e. The summed E-state index contributed by atoms with van der Waals surface area (Å²) in [5.74, 6) is 0.434. The van der Waals surface area contributed by atoms with Crippen molar-refractivity contribution in [3.8, 4) is 5.75 Å². The summed E-state index contributed by atoms with van der Waals surface area (Å²) in [6, 6.07) is 14.6. The number of nitrogens with one attached hydrogen (secondary N) is 2. The monoisotopic (exact) mass is 317 g/mol. The number of hydrogen-bond acceptors (Lipinski definition) is 4. The normalized spacial score (nSPS) is 10.5. The highest BCUT2D eigenvalue weighted by molar-refractivity contribution is 6.30. The van der Waals surface area contributed by atoms with E-state index in [9.17, 15) is 4.79 Å². The standard InChI is InChI=1S/C16H16ClN3O2/c1-22-15-8-3-2-5-12(15)10-19-20-16(21)11-18-14-7-4-6-13(17)9-14/h2-10,18H,11H2,1H3,(H,20,21)/b19-10+. The summed E-state index contributed by atoms with van der Waals surface area (Å²) in [4.78, 5) is 11.7. The van der Waals surface area contributed by atoms with E-state index >= 15 is 0 Å². The third-order valence-electron chi connectivity index (χ3n) is 2.81. The van der Waals surface area contributed by atoms with Gasteiger partial charge in [-0.05, 0) is 30.3 Å². The highest BCUT2D eigenvalue weighted by atomic mass is 35.5. The van der Waals surface area contributed by atoms with Gasteiger partial charge in [-0.15, -0.1) is 0 Å². The SMILES string of the molecule is COc1ccccc1/C=N/NC(=O)CNc1cccc(Cl)c1. The lowest BCUT2D eigenvalue weighted by Gasteiger charge is -2.06. The van der Waals surface area contributed by atoms with Crippen LogP contribution in [0.4, 0.5) is 5.69 Å². The minimum Gasteiger partial charge on any atom is -0.496 e. The van der Waals surface area contributed by atoms with Crippen LogP contribution in [-0.4, -0.2) is 25.8 Å². The van der Waals surface area contributed by atoms with Gasteiger partial charge in [-0.25, -0.2) is 5.43 Å². The molecule has 2 N–H and O–H groups in total. The predicted octanol–water partition coefficient (Wildman–Crippen LogP) is 2.91. The summed E-state index contributed by atoms with van der Waals surface area (Å²) in [7, 11) is 1.58. The molecule has 2 rings (SSSR count). The average molecular weight is 318 g/mol. The first-order valence-electron chi connectivity index (χ1n) is 6.63. The summed E-state index contributed by atoms with van der Waals surface area (Å²) >= 11 is 5.86. The molecule has 0 aliphatic rings. The van der Waals surface area contributed by atoms with Gasteiger partial charge in [0, 0.05) is 16.3 Å². The van der Waals surface area contributed by atoms with Crippen LogP contribution in [0.1, 0.15) is 5.56 Å². The number of carbonyl (C=O) groups excluding carboxylic acids is 1. The van der Waals surface area contributed by atoms with Crippen LogP contribution in [0.15, 0.2) is 53.6 Å². The second-order valence-corrected chi connectivity index (χ2v) is 4.84. The van der Waals surface area contributed by atoms with Gasteiger partial charge in [0.1, 0.15) is 5.75 Å². The van der Waals surface area contributed by atoms with Crippen molar-refractivity contribution in [2.45, 2.75) is 0 Å². The largest absolute Gasteiger partial charge is 0.496 e. The van der Waals surface area contributed by atoms with Crippen molar-refractivity contribution >= 4 is 29.4 Å². The molecule has 22 heavy (non-hydrogen) atoms. The van der Waals surface area contributed by atoms with Crippen molar-refractivity contribution in [2.75, 3.05) is 19.0 Å². The number of carbonyl (C=O) groups is 1. The number of anilines is 1. The van der Waals surface area contributed by atoms with Gasteiger partial charge in [-0.1, -0.05) is 29.8 Å². The Morgan fingerprint density at radius 2 is 2.09 bits per heavy atom. The molecule has 0 spiro atoms. The molecule has 0 heterocycles. The minimum atomic E-state index is -0.258. The zero-order chi connectivity index (χ0) is 15.8. The molecule has 0 atom stereocenters. The van der Waals surface area contributed by atoms with Gasteiger partial charge >= 0.3 is 0 Å². The van der Waals surface area contributed by atoms with Gasteiger partial charge < -0.3 is 10.1 Å². The maximum atomic E-state index is 11.7. The molecule has 0 bridgehead atoms. The lowest BCUT2D eigenvalue weighted by atomic mass is 10.2. The van der Waals surface area contributed by atoms with Crippen molar-refractivity contribution in [3.63, 3.8) is 0 Å². The number of benzene rings is 2. The fourth-order valence-electron chi connectivity index (χ4n) is 1.77. The van der Waals surface area contributed by atoms with Crippen LogP contribution in [0.2, 0.25) is 5.02 Å². The van der Waals surface area contributed by atoms with E-state index in [0.29, 0.717) is 10.8 Å². The number of ether oxygens (including phenoxy) is 1. The zero-order valence-corrected chi connectivity index (χ0v) is 12.8. The first-order valence-corrected chi connectivity index (χ1v) is 7.01. The molecule has 2 aromatic carbocycles. The lowest BCUT2D eigenvalue weighted by Crippen LogP contribution is -2.25. The van der Waals surface area contributed by atoms with Crippen molar-refractivity contribution in [2.24, 2.45) is 5.10 Å². The molecule has 0 aliphatic carbocycles. The molecule has 0 saturated heterocycles. The first-order chi connectivity index (χ1) is 10.7. The van der Waals surface area contributed by atoms with Crippen molar-refractivity contribution in [3.05, 3.63) is 59.1 Å². The number of nitrogens with zero attached hydrogens (tertiary/aromatic N) is 1. The van der Waals surface area contributed by atoms with E-state index in [1.807, 2.05) is 36.4 Å². The topological polar surface area (TPSA) is 62.7 Å². The second kappa shape index (κ2) is 8.05. The number of amides is 1. The van der Waals surface area contributed by atoms with Crippen LogP contribution in [0.5, 0.6) is 5.75 Å². The molecular formula is C16H16ClN3O2. The fourth-order valence-corrected chi connectivity index (χ4v) is 1.96. The number of rotatable bonds is 6. The molecule has 1 amide bonds. The number of halogens is 1. The molecule has 0 radical (unpaired) electrons. The third-order valence-corrected chi connectivity index (χ3v) is 3.04. The van der Waals surface area contributed by atoms with Crippen LogP contribution < -0.4 is 15.5 Å².